The van der Waals surface area contributed by atoms with E-state index in [1.165, 1.54) is 13.5 Å². The fourth-order valence-electron chi connectivity index (χ4n) is 3.52. The lowest BCUT2D eigenvalue weighted by Gasteiger charge is -2.29. The van der Waals surface area contributed by atoms with E-state index in [2.05, 4.69) is 12.2 Å². The molecule has 1 amide bonds. The molecule has 1 aromatic carbocycles. The van der Waals surface area contributed by atoms with Crippen molar-refractivity contribution in [3.8, 4) is 17.2 Å². The van der Waals surface area contributed by atoms with Gasteiger partial charge in [-0.3, -0.25) is 9.59 Å². The van der Waals surface area contributed by atoms with Crippen LogP contribution in [-0.4, -0.2) is 45.9 Å². The molecule has 0 saturated heterocycles. The van der Waals surface area contributed by atoms with Crippen molar-refractivity contribution in [2.75, 3.05) is 27.9 Å². The Hall–Kier alpha value is -2.44. The summed E-state index contributed by atoms with van der Waals surface area (Å²) in [5, 5.41) is 2.98. The summed E-state index contributed by atoms with van der Waals surface area (Å²) < 4.78 is 21.0. The van der Waals surface area contributed by atoms with E-state index in [9.17, 15) is 9.59 Å². The number of carbonyl (C=O) groups excluding carboxylic acids is 2. The summed E-state index contributed by atoms with van der Waals surface area (Å²) >= 11 is 0. The first kappa shape index (κ1) is 21.9. The normalized spacial score (nSPS) is 18.9. The second-order valence-corrected chi connectivity index (χ2v) is 7.13. The Morgan fingerprint density at radius 2 is 1.68 bits per heavy atom. The number of hydrogen-bond acceptors (Lipinski definition) is 6. The molecular weight excluding hydrogens is 362 g/mol. The lowest BCUT2D eigenvalue weighted by atomic mass is 9.86. The molecule has 156 valence electrons. The fourth-order valence-corrected chi connectivity index (χ4v) is 3.52. The zero-order valence-corrected chi connectivity index (χ0v) is 17.2. The first-order chi connectivity index (χ1) is 13.5. The Labute approximate surface area is 166 Å². The zero-order chi connectivity index (χ0) is 20.5. The fraction of sp³-hybridized carbons (Fsp3) is 0.619. The molecule has 0 heterocycles. The predicted molar refractivity (Wildman–Crippen MR) is 105 cm³/mol. The van der Waals surface area contributed by atoms with Crippen LogP contribution in [0.5, 0.6) is 17.2 Å². The highest BCUT2D eigenvalue weighted by Gasteiger charge is 2.23. The zero-order valence-electron chi connectivity index (χ0n) is 17.2. The van der Waals surface area contributed by atoms with Crippen LogP contribution in [0.1, 0.15) is 44.6 Å². The van der Waals surface area contributed by atoms with Crippen LogP contribution in [-0.2, 0) is 20.7 Å². The molecule has 7 nitrogen and oxygen atoms in total. The minimum atomic E-state index is -0.416. The molecule has 0 spiro atoms. The summed E-state index contributed by atoms with van der Waals surface area (Å²) in [4.78, 5) is 24.1. The maximum Gasteiger partial charge on any atom is 0.306 e. The summed E-state index contributed by atoms with van der Waals surface area (Å²) in [5.74, 6) is 1.39. The number of aryl methyl sites for hydroxylation is 1. The van der Waals surface area contributed by atoms with E-state index < -0.39 is 5.97 Å². The van der Waals surface area contributed by atoms with Gasteiger partial charge in [0.15, 0.2) is 18.1 Å². The van der Waals surface area contributed by atoms with Crippen LogP contribution in [0.3, 0.4) is 0 Å². The number of rotatable bonds is 9. The lowest BCUT2D eigenvalue weighted by molar-refractivity contribution is -0.148. The van der Waals surface area contributed by atoms with Gasteiger partial charge < -0.3 is 24.3 Å². The maximum absolute atomic E-state index is 12.0. The van der Waals surface area contributed by atoms with Gasteiger partial charge in [0.2, 0.25) is 5.75 Å². The number of amides is 1. The molecule has 2 unspecified atom stereocenters. The first-order valence-corrected chi connectivity index (χ1v) is 9.72. The number of hydrogen-bond donors (Lipinski definition) is 1. The predicted octanol–water partition coefficient (Wildman–Crippen LogP) is 2.88. The van der Waals surface area contributed by atoms with E-state index in [4.69, 9.17) is 18.9 Å². The van der Waals surface area contributed by atoms with E-state index in [-0.39, 0.29) is 25.0 Å². The molecule has 0 bridgehead atoms. The number of nitrogens with one attached hydrogen (secondary N) is 1. The maximum atomic E-state index is 12.0. The Morgan fingerprint density at radius 1 is 1.04 bits per heavy atom. The molecule has 1 aliphatic carbocycles. The number of ether oxygens (including phenoxy) is 4. The van der Waals surface area contributed by atoms with Crippen LogP contribution in [0.4, 0.5) is 0 Å². The third-order valence-electron chi connectivity index (χ3n) is 5.16. The van der Waals surface area contributed by atoms with Crippen molar-refractivity contribution in [1.29, 1.82) is 0 Å². The van der Waals surface area contributed by atoms with Crippen LogP contribution < -0.4 is 19.5 Å². The smallest absolute Gasteiger partial charge is 0.306 e. The lowest BCUT2D eigenvalue weighted by Crippen LogP contribution is -2.42. The molecule has 1 N–H and O–H groups in total. The molecule has 0 radical (unpaired) electrons. The van der Waals surface area contributed by atoms with Gasteiger partial charge in [-0.2, -0.15) is 0 Å². The van der Waals surface area contributed by atoms with Crippen LogP contribution in [0.25, 0.3) is 0 Å². The highest BCUT2D eigenvalue weighted by Crippen LogP contribution is 2.38. The van der Waals surface area contributed by atoms with Gasteiger partial charge in [0.1, 0.15) is 0 Å². The number of carbonyl (C=O) groups is 2. The van der Waals surface area contributed by atoms with Crippen molar-refractivity contribution in [2.24, 2.45) is 5.92 Å². The summed E-state index contributed by atoms with van der Waals surface area (Å²) in [7, 11) is 4.62. The van der Waals surface area contributed by atoms with Gasteiger partial charge in [-0.1, -0.05) is 19.8 Å². The molecule has 7 heteroatoms. The van der Waals surface area contributed by atoms with Crippen molar-refractivity contribution in [3.63, 3.8) is 0 Å². The topological polar surface area (TPSA) is 83.1 Å². The monoisotopic (exact) mass is 393 g/mol. The van der Waals surface area contributed by atoms with Gasteiger partial charge in [0, 0.05) is 12.5 Å². The summed E-state index contributed by atoms with van der Waals surface area (Å²) in [6.07, 6.45) is 5.05. The van der Waals surface area contributed by atoms with Crippen LogP contribution in [0.15, 0.2) is 12.1 Å². The SMILES string of the molecule is COc1cc(CCC(=O)OCC(=O)NC2CCCCC2C)cc(OC)c1OC. The quantitative estimate of drug-likeness (QED) is 0.650. The summed E-state index contributed by atoms with van der Waals surface area (Å²) in [5.41, 5.74) is 0.854. The van der Waals surface area contributed by atoms with Gasteiger partial charge in [0.25, 0.3) is 5.91 Å². The highest BCUT2D eigenvalue weighted by molar-refractivity contribution is 5.80. The van der Waals surface area contributed by atoms with E-state index in [1.807, 2.05) is 0 Å². The molecule has 1 fully saturated rings. The summed E-state index contributed by atoms with van der Waals surface area (Å²) in [6, 6.07) is 3.77. The second-order valence-electron chi connectivity index (χ2n) is 7.13. The molecule has 0 aliphatic heterocycles. The number of benzene rings is 1. The van der Waals surface area contributed by atoms with Crippen molar-refractivity contribution >= 4 is 11.9 Å². The Bertz CT molecular complexity index is 650. The Balaban J connectivity index is 1.81. The van der Waals surface area contributed by atoms with Crippen molar-refractivity contribution in [3.05, 3.63) is 17.7 Å². The average Bonchev–Trinajstić information content (AvgIpc) is 2.71. The average molecular weight is 393 g/mol. The third-order valence-corrected chi connectivity index (χ3v) is 5.16. The van der Waals surface area contributed by atoms with E-state index in [1.54, 1.807) is 26.4 Å². The Kier molecular flexibility index (Phi) is 8.42. The molecule has 1 aliphatic rings. The van der Waals surface area contributed by atoms with Gasteiger partial charge in [-0.25, -0.2) is 0 Å². The molecule has 2 rings (SSSR count). The van der Waals surface area contributed by atoms with E-state index in [0.29, 0.717) is 29.6 Å². The van der Waals surface area contributed by atoms with E-state index >= 15 is 0 Å². The molecule has 1 aromatic rings. The van der Waals surface area contributed by atoms with Crippen molar-refractivity contribution < 1.29 is 28.5 Å². The standard InChI is InChI=1S/C21H31NO6/c1-14-7-5-6-8-16(14)22-19(23)13-28-20(24)10-9-15-11-17(25-2)21(27-4)18(12-15)26-3/h11-12,14,16H,5-10,13H2,1-4H3,(H,22,23). The van der Waals surface area contributed by atoms with Crippen LogP contribution in [0, 0.1) is 5.92 Å². The summed E-state index contributed by atoms with van der Waals surface area (Å²) in [6.45, 7) is 1.91. The molecule has 2 atom stereocenters. The van der Waals surface area contributed by atoms with Crippen molar-refractivity contribution in [2.45, 2.75) is 51.5 Å². The highest BCUT2D eigenvalue weighted by atomic mass is 16.5. The molecule has 1 saturated carbocycles. The van der Waals surface area contributed by atoms with Gasteiger partial charge in [0.05, 0.1) is 21.3 Å². The van der Waals surface area contributed by atoms with Gasteiger partial charge >= 0.3 is 5.97 Å². The third kappa shape index (κ3) is 6.04. The van der Waals surface area contributed by atoms with Crippen molar-refractivity contribution in [1.82, 2.24) is 5.32 Å². The van der Waals surface area contributed by atoms with Crippen LogP contribution in [0.2, 0.25) is 0 Å². The molecular formula is C21H31NO6. The second kappa shape index (κ2) is 10.8. The number of esters is 1. The number of methoxy groups -OCH3 is 3. The van der Waals surface area contributed by atoms with Gasteiger partial charge in [-0.15, -0.1) is 0 Å². The first-order valence-electron chi connectivity index (χ1n) is 9.72. The minimum absolute atomic E-state index is 0.158. The van der Waals surface area contributed by atoms with Crippen LogP contribution >= 0.6 is 0 Å². The molecule has 0 aromatic heterocycles. The largest absolute Gasteiger partial charge is 0.493 e. The van der Waals surface area contributed by atoms with E-state index in [0.717, 1.165) is 24.8 Å². The minimum Gasteiger partial charge on any atom is -0.493 e. The van der Waals surface area contributed by atoms with Gasteiger partial charge in [-0.05, 0) is 42.9 Å². The molecule has 28 heavy (non-hydrogen) atoms. The Morgan fingerprint density at radius 3 is 2.25 bits per heavy atom.